The molecule has 1 aliphatic heterocycles. The highest BCUT2D eigenvalue weighted by Crippen LogP contribution is 2.21. The van der Waals surface area contributed by atoms with Crippen molar-refractivity contribution in [1.29, 1.82) is 0 Å². The van der Waals surface area contributed by atoms with Gasteiger partial charge in [0.1, 0.15) is 0 Å². The van der Waals surface area contributed by atoms with E-state index in [-0.39, 0.29) is 11.9 Å². The van der Waals surface area contributed by atoms with E-state index in [1.165, 1.54) is 11.3 Å². The largest absolute Gasteiger partial charge is 0.370 e. The monoisotopic (exact) mass is 275 g/mol. The molecular weight excluding hydrogens is 250 g/mol. The van der Waals surface area contributed by atoms with E-state index in [9.17, 15) is 4.79 Å². The van der Waals surface area contributed by atoms with Crippen LogP contribution in [-0.4, -0.2) is 37.0 Å². The number of anilines is 1. The van der Waals surface area contributed by atoms with Gasteiger partial charge in [-0.05, 0) is 30.5 Å². The highest BCUT2D eigenvalue weighted by molar-refractivity contribution is 5.73. The predicted molar refractivity (Wildman–Crippen MR) is 82.7 cm³/mol. The van der Waals surface area contributed by atoms with Crippen LogP contribution in [0.1, 0.15) is 38.3 Å². The third-order valence-corrected chi connectivity index (χ3v) is 4.07. The van der Waals surface area contributed by atoms with Gasteiger partial charge in [0, 0.05) is 44.8 Å². The minimum absolute atomic E-state index is 0.126. The molecule has 4 nitrogen and oxygen atoms in total. The van der Waals surface area contributed by atoms with Gasteiger partial charge in [-0.1, -0.05) is 19.1 Å². The number of nitrogens with two attached hydrogens (primary N) is 1. The molecule has 0 aliphatic carbocycles. The van der Waals surface area contributed by atoms with E-state index < -0.39 is 0 Å². The Morgan fingerprint density at radius 1 is 1.20 bits per heavy atom. The highest BCUT2D eigenvalue weighted by atomic mass is 16.2. The van der Waals surface area contributed by atoms with Crippen LogP contribution >= 0.6 is 0 Å². The third-order valence-electron chi connectivity index (χ3n) is 4.07. The Bertz CT molecular complexity index is 444. The molecule has 1 atom stereocenters. The molecule has 20 heavy (non-hydrogen) atoms. The number of hydrogen-bond donors (Lipinski definition) is 1. The van der Waals surface area contributed by atoms with E-state index in [1.807, 2.05) is 4.90 Å². The molecule has 1 aromatic rings. The van der Waals surface area contributed by atoms with Gasteiger partial charge >= 0.3 is 0 Å². The summed E-state index contributed by atoms with van der Waals surface area (Å²) in [6.45, 7) is 7.33. The van der Waals surface area contributed by atoms with Crippen LogP contribution in [0, 0.1) is 0 Å². The summed E-state index contributed by atoms with van der Waals surface area (Å²) < 4.78 is 0. The number of nitrogens with zero attached hydrogens (tertiary/aromatic N) is 2. The second-order valence-corrected chi connectivity index (χ2v) is 5.45. The number of amides is 1. The van der Waals surface area contributed by atoms with Crippen molar-refractivity contribution in [1.82, 2.24) is 4.90 Å². The number of carbonyl (C=O) groups excluding carboxylic acids is 1. The second kappa shape index (κ2) is 6.75. The molecule has 1 unspecified atom stereocenters. The summed E-state index contributed by atoms with van der Waals surface area (Å²) in [7, 11) is 0. The minimum Gasteiger partial charge on any atom is -0.370 e. The van der Waals surface area contributed by atoms with Crippen molar-refractivity contribution >= 4 is 11.6 Å². The molecule has 1 saturated heterocycles. The van der Waals surface area contributed by atoms with Crippen molar-refractivity contribution in [3.63, 3.8) is 0 Å². The van der Waals surface area contributed by atoms with Gasteiger partial charge in [-0.25, -0.2) is 0 Å². The Morgan fingerprint density at radius 3 is 2.50 bits per heavy atom. The van der Waals surface area contributed by atoms with Crippen LogP contribution in [0.3, 0.4) is 0 Å². The molecular formula is C16H25N3O. The van der Waals surface area contributed by atoms with Crippen molar-refractivity contribution in [3.05, 3.63) is 29.8 Å². The summed E-state index contributed by atoms with van der Waals surface area (Å²) in [5.41, 5.74) is 8.46. The van der Waals surface area contributed by atoms with E-state index in [2.05, 4.69) is 36.1 Å². The van der Waals surface area contributed by atoms with Gasteiger partial charge in [-0.3, -0.25) is 4.79 Å². The SMILES string of the molecule is CCC(N)c1ccc(N2CCCN(C(C)=O)CC2)cc1. The Hall–Kier alpha value is -1.55. The maximum Gasteiger partial charge on any atom is 0.219 e. The molecule has 4 heteroatoms. The molecule has 1 fully saturated rings. The lowest BCUT2D eigenvalue weighted by atomic mass is 10.1. The summed E-state index contributed by atoms with van der Waals surface area (Å²) in [6.07, 6.45) is 1.98. The number of carbonyl (C=O) groups is 1. The van der Waals surface area contributed by atoms with E-state index in [0.29, 0.717) is 0 Å². The van der Waals surface area contributed by atoms with Gasteiger partial charge in [0.05, 0.1) is 0 Å². The first kappa shape index (κ1) is 14.9. The first-order chi connectivity index (χ1) is 9.61. The standard InChI is InChI=1S/C16H25N3O/c1-3-16(17)14-5-7-15(8-6-14)19-10-4-9-18(11-12-19)13(2)20/h5-8,16H,3-4,9-12,17H2,1-2H3. The average molecular weight is 275 g/mol. The lowest BCUT2D eigenvalue weighted by Gasteiger charge is -2.24. The molecule has 2 rings (SSSR count). The van der Waals surface area contributed by atoms with Crippen LogP contribution in [-0.2, 0) is 4.79 Å². The number of rotatable bonds is 3. The van der Waals surface area contributed by atoms with Crippen LogP contribution in [0.2, 0.25) is 0 Å². The van der Waals surface area contributed by atoms with E-state index >= 15 is 0 Å². The highest BCUT2D eigenvalue weighted by Gasteiger charge is 2.16. The molecule has 0 saturated carbocycles. The van der Waals surface area contributed by atoms with Crippen LogP contribution in [0.15, 0.2) is 24.3 Å². The molecule has 2 N–H and O–H groups in total. The number of hydrogen-bond acceptors (Lipinski definition) is 3. The fraction of sp³-hybridized carbons (Fsp3) is 0.562. The summed E-state index contributed by atoms with van der Waals surface area (Å²) in [4.78, 5) is 15.7. The molecule has 1 aromatic carbocycles. The Balaban J connectivity index is 2.02. The van der Waals surface area contributed by atoms with Crippen LogP contribution in [0.25, 0.3) is 0 Å². The zero-order valence-corrected chi connectivity index (χ0v) is 12.5. The van der Waals surface area contributed by atoms with Crippen molar-refractivity contribution in [2.75, 3.05) is 31.1 Å². The Morgan fingerprint density at radius 2 is 1.90 bits per heavy atom. The Labute approximate surface area is 121 Å². The van der Waals surface area contributed by atoms with Crippen molar-refractivity contribution in [2.24, 2.45) is 5.73 Å². The van der Waals surface area contributed by atoms with Gasteiger partial charge in [-0.15, -0.1) is 0 Å². The van der Waals surface area contributed by atoms with Crippen LogP contribution < -0.4 is 10.6 Å². The summed E-state index contributed by atoms with van der Waals surface area (Å²) in [6, 6.07) is 8.66. The predicted octanol–water partition coefficient (Wildman–Crippen LogP) is 2.16. The lowest BCUT2D eigenvalue weighted by Crippen LogP contribution is -2.33. The fourth-order valence-electron chi connectivity index (χ4n) is 2.66. The average Bonchev–Trinajstić information content (AvgIpc) is 2.72. The molecule has 1 aliphatic rings. The van der Waals surface area contributed by atoms with E-state index in [0.717, 1.165) is 39.0 Å². The maximum atomic E-state index is 11.4. The molecule has 0 aromatic heterocycles. The number of benzene rings is 1. The fourth-order valence-corrected chi connectivity index (χ4v) is 2.66. The summed E-state index contributed by atoms with van der Waals surface area (Å²) in [5.74, 6) is 0.177. The second-order valence-electron chi connectivity index (χ2n) is 5.45. The smallest absolute Gasteiger partial charge is 0.219 e. The van der Waals surface area contributed by atoms with Gasteiger partial charge in [0.25, 0.3) is 0 Å². The normalized spacial score (nSPS) is 17.8. The van der Waals surface area contributed by atoms with Crippen molar-refractivity contribution < 1.29 is 4.79 Å². The Kier molecular flexibility index (Phi) is 5.01. The van der Waals surface area contributed by atoms with E-state index in [1.54, 1.807) is 6.92 Å². The summed E-state index contributed by atoms with van der Waals surface area (Å²) in [5, 5.41) is 0. The molecule has 110 valence electrons. The van der Waals surface area contributed by atoms with Gasteiger partial charge in [-0.2, -0.15) is 0 Å². The molecule has 0 radical (unpaired) electrons. The maximum absolute atomic E-state index is 11.4. The van der Waals surface area contributed by atoms with Crippen molar-refractivity contribution in [3.8, 4) is 0 Å². The zero-order chi connectivity index (χ0) is 14.5. The van der Waals surface area contributed by atoms with Crippen molar-refractivity contribution in [2.45, 2.75) is 32.7 Å². The first-order valence-corrected chi connectivity index (χ1v) is 7.47. The molecule has 0 bridgehead atoms. The van der Waals surface area contributed by atoms with Crippen LogP contribution in [0.4, 0.5) is 5.69 Å². The zero-order valence-electron chi connectivity index (χ0n) is 12.5. The van der Waals surface area contributed by atoms with Gasteiger partial charge in [0.15, 0.2) is 0 Å². The molecule has 0 spiro atoms. The van der Waals surface area contributed by atoms with Gasteiger partial charge < -0.3 is 15.5 Å². The quantitative estimate of drug-likeness (QED) is 0.919. The first-order valence-electron chi connectivity index (χ1n) is 7.47. The van der Waals surface area contributed by atoms with Gasteiger partial charge in [0.2, 0.25) is 5.91 Å². The summed E-state index contributed by atoms with van der Waals surface area (Å²) >= 11 is 0. The topological polar surface area (TPSA) is 49.6 Å². The molecule has 1 heterocycles. The third kappa shape index (κ3) is 3.51. The minimum atomic E-state index is 0.126. The van der Waals surface area contributed by atoms with Crippen LogP contribution in [0.5, 0.6) is 0 Å². The lowest BCUT2D eigenvalue weighted by molar-refractivity contribution is -0.128. The molecule has 1 amide bonds. The van der Waals surface area contributed by atoms with E-state index in [4.69, 9.17) is 5.73 Å².